The van der Waals surface area contributed by atoms with Crippen molar-refractivity contribution in [3.05, 3.63) is 0 Å². The number of cyclic esters (lactones) is 1. The predicted molar refractivity (Wildman–Crippen MR) is 83.1 cm³/mol. The van der Waals surface area contributed by atoms with Crippen LogP contribution in [0.3, 0.4) is 0 Å². The Hall–Kier alpha value is -1.11. The molecule has 1 aliphatic rings. The number of rotatable bonds is 8. The average Bonchev–Trinajstić information content (AvgIpc) is 2.58. The van der Waals surface area contributed by atoms with Crippen LogP contribution in [0.15, 0.2) is 0 Å². The first-order chi connectivity index (χ1) is 12.9. The number of carbonyl (C=O) groups excluding carboxylic acids is 1. The minimum Gasteiger partial charge on any atom is -0.455 e. The molecule has 0 aliphatic carbocycles. The van der Waals surface area contributed by atoms with Crippen LogP contribution >= 0.6 is 0 Å². The lowest BCUT2D eigenvalue weighted by Crippen LogP contribution is -2.67. The van der Waals surface area contributed by atoms with Gasteiger partial charge in [-0.25, -0.2) is 4.79 Å². The van der Waals surface area contributed by atoms with E-state index in [9.17, 15) is 31.1 Å². The molecule has 0 saturated carbocycles. The van der Waals surface area contributed by atoms with E-state index in [0.717, 1.165) is 0 Å². The molecule has 0 unspecified atom stereocenters. The zero-order chi connectivity index (χ0) is 21.4. The molecule has 166 valence electrons. The fourth-order valence-electron chi connectivity index (χ4n) is 2.52. The molecule has 4 atom stereocenters. The Morgan fingerprint density at radius 3 is 2.07 bits per heavy atom. The van der Waals surface area contributed by atoms with Gasteiger partial charge in [-0.2, -0.15) is 26.3 Å². The van der Waals surface area contributed by atoms with Gasteiger partial charge in [-0.05, 0) is 19.8 Å². The van der Waals surface area contributed by atoms with Crippen molar-refractivity contribution in [2.75, 3.05) is 26.4 Å². The molecule has 12 heteroatoms. The van der Waals surface area contributed by atoms with Gasteiger partial charge in [-0.3, -0.25) is 0 Å². The second kappa shape index (κ2) is 11.2. The van der Waals surface area contributed by atoms with Gasteiger partial charge in [0.2, 0.25) is 6.04 Å². The van der Waals surface area contributed by atoms with Gasteiger partial charge in [-0.1, -0.05) is 0 Å². The molecule has 0 bridgehead atoms. The first-order valence-electron chi connectivity index (χ1n) is 8.87. The third-order valence-corrected chi connectivity index (χ3v) is 3.92. The number of halogens is 6. The SMILES string of the molecule is C[C@@H]1OC(=O)[C@@H]([NH3+])COC[C@H](OCCCC(F)(F)F)[C@H]1OCCCC(F)(F)F. The largest absolute Gasteiger partial charge is 0.455 e. The van der Waals surface area contributed by atoms with Crippen LogP contribution in [0.1, 0.15) is 32.6 Å². The number of carbonyl (C=O) groups is 1. The highest BCUT2D eigenvalue weighted by Gasteiger charge is 2.36. The van der Waals surface area contributed by atoms with Crippen molar-refractivity contribution < 1.29 is 55.8 Å². The van der Waals surface area contributed by atoms with Crippen LogP contribution in [0.5, 0.6) is 0 Å². The normalized spacial score (nSPS) is 27.6. The summed E-state index contributed by atoms with van der Waals surface area (Å²) in [6.45, 7) is 0.709. The van der Waals surface area contributed by atoms with E-state index in [-0.39, 0.29) is 39.3 Å². The number of quaternary nitrogens is 1. The summed E-state index contributed by atoms with van der Waals surface area (Å²) >= 11 is 0. The van der Waals surface area contributed by atoms with E-state index < -0.39 is 55.5 Å². The maximum atomic E-state index is 12.3. The van der Waals surface area contributed by atoms with E-state index in [1.54, 1.807) is 0 Å². The zero-order valence-electron chi connectivity index (χ0n) is 15.5. The van der Waals surface area contributed by atoms with E-state index in [4.69, 9.17) is 18.9 Å². The Bertz CT molecular complexity index is 473. The van der Waals surface area contributed by atoms with Gasteiger partial charge in [-0.15, -0.1) is 0 Å². The van der Waals surface area contributed by atoms with Crippen LogP contribution < -0.4 is 5.73 Å². The molecule has 0 aromatic rings. The molecule has 28 heavy (non-hydrogen) atoms. The lowest BCUT2D eigenvalue weighted by atomic mass is 10.1. The number of ether oxygens (including phenoxy) is 4. The van der Waals surface area contributed by atoms with E-state index in [1.165, 1.54) is 6.92 Å². The highest BCUT2D eigenvalue weighted by molar-refractivity contribution is 5.74. The first kappa shape index (κ1) is 24.9. The van der Waals surface area contributed by atoms with Crippen LogP contribution in [0.25, 0.3) is 0 Å². The first-order valence-corrected chi connectivity index (χ1v) is 8.87. The van der Waals surface area contributed by atoms with Gasteiger partial charge < -0.3 is 24.7 Å². The minimum absolute atomic E-state index is 0.0885. The van der Waals surface area contributed by atoms with Crippen molar-refractivity contribution in [2.24, 2.45) is 0 Å². The highest BCUT2D eigenvalue weighted by Crippen LogP contribution is 2.24. The second-order valence-electron chi connectivity index (χ2n) is 6.56. The van der Waals surface area contributed by atoms with Crippen molar-refractivity contribution >= 4 is 5.97 Å². The lowest BCUT2D eigenvalue weighted by molar-refractivity contribution is -0.415. The van der Waals surface area contributed by atoms with Gasteiger partial charge in [0.25, 0.3) is 0 Å². The summed E-state index contributed by atoms with van der Waals surface area (Å²) in [5.74, 6) is -0.672. The van der Waals surface area contributed by atoms with Gasteiger partial charge in [0.05, 0.1) is 6.61 Å². The van der Waals surface area contributed by atoms with E-state index in [0.29, 0.717) is 0 Å². The summed E-state index contributed by atoms with van der Waals surface area (Å²) in [6.07, 6.45) is -14.2. The Labute approximate surface area is 158 Å². The third kappa shape index (κ3) is 10.4. The van der Waals surface area contributed by atoms with Crippen molar-refractivity contribution in [1.29, 1.82) is 0 Å². The van der Waals surface area contributed by atoms with Gasteiger partial charge in [0.15, 0.2) is 0 Å². The quantitative estimate of drug-likeness (QED) is 0.365. The monoisotopic (exact) mass is 426 g/mol. The fraction of sp³-hybridized carbons (Fsp3) is 0.938. The molecule has 1 rings (SSSR count). The van der Waals surface area contributed by atoms with Crippen LogP contribution in [0.2, 0.25) is 0 Å². The van der Waals surface area contributed by atoms with Gasteiger partial charge in [0, 0.05) is 26.1 Å². The molecule has 1 aliphatic heterocycles. The zero-order valence-corrected chi connectivity index (χ0v) is 15.5. The van der Waals surface area contributed by atoms with Crippen LogP contribution in [0, 0.1) is 0 Å². The van der Waals surface area contributed by atoms with Crippen molar-refractivity contribution in [1.82, 2.24) is 0 Å². The molecule has 6 nitrogen and oxygen atoms in total. The van der Waals surface area contributed by atoms with E-state index >= 15 is 0 Å². The maximum Gasteiger partial charge on any atom is 0.389 e. The van der Waals surface area contributed by atoms with Crippen molar-refractivity contribution in [3.8, 4) is 0 Å². The van der Waals surface area contributed by atoms with Crippen LogP contribution in [-0.2, 0) is 23.7 Å². The molecule has 0 radical (unpaired) electrons. The summed E-state index contributed by atoms with van der Waals surface area (Å²) in [5, 5.41) is 0. The summed E-state index contributed by atoms with van der Waals surface area (Å²) in [7, 11) is 0. The van der Waals surface area contributed by atoms with Gasteiger partial charge in [0.1, 0.15) is 24.9 Å². The van der Waals surface area contributed by atoms with Crippen LogP contribution in [0.4, 0.5) is 26.3 Å². The molecular weight excluding hydrogens is 400 g/mol. The number of alkyl halides is 6. The average molecular weight is 426 g/mol. The number of hydrogen-bond acceptors (Lipinski definition) is 5. The summed E-state index contributed by atoms with van der Waals surface area (Å²) in [5.41, 5.74) is 3.58. The molecule has 0 aromatic carbocycles. The molecule has 0 amide bonds. The van der Waals surface area contributed by atoms with Gasteiger partial charge >= 0.3 is 18.3 Å². The van der Waals surface area contributed by atoms with Crippen LogP contribution in [-0.4, -0.2) is 69.1 Å². The number of hydrogen-bond donors (Lipinski definition) is 1. The molecule has 1 heterocycles. The Kier molecular flexibility index (Phi) is 9.95. The molecule has 0 spiro atoms. The molecule has 0 aromatic heterocycles. The van der Waals surface area contributed by atoms with E-state index in [2.05, 4.69) is 5.73 Å². The lowest BCUT2D eigenvalue weighted by Gasteiger charge is -2.30. The van der Waals surface area contributed by atoms with Crippen molar-refractivity contribution in [3.63, 3.8) is 0 Å². The Balaban J connectivity index is 2.70. The fourth-order valence-corrected chi connectivity index (χ4v) is 2.52. The molecule has 1 fully saturated rings. The molecule has 1 saturated heterocycles. The smallest absolute Gasteiger partial charge is 0.389 e. The maximum absolute atomic E-state index is 12.3. The Morgan fingerprint density at radius 1 is 1.00 bits per heavy atom. The standard InChI is InChI=1S/C16H25F6NO5/c1-10-13(27-7-3-5-16(20,21)22)12(26-6-2-4-15(17,18)19)9-25-8-11(23)14(24)28-10/h10-13H,2-9,23H2,1H3/p+1/t10-,11-,12-,13-/m0/s1. The topological polar surface area (TPSA) is 81.6 Å². The minimum atomic E-state index is -4.34. The summed E-state index contributed by atoms with van der Waals surface area (Å²) in [6, 6.07) is -0.822. The third-order valence-electron chi connectivity index (χ3n) is 3.92. The second-order valence-corrected chi connectivity index (χ2v) is 6.56. The van der Waals surface area contributed by atoms with E-state index in [1.807, 2.05) is 0 Å². The highest BCUT2D eigenvalue weighted by atomic mass is 19.4. The summed E-state index contributed by atoms with van der Waals surface area (Å²) in [4.78, 5) is 11.9. The van der Waals surface area contributed by atoms with Crippen molar-refractivity contribution in [2.45, 2.75) is 69.3 Å². The number of esters is 1. The summed E-state index contributed by atoms with van der Waals surface area (Å²) < 4.78 is 95.0. The molecular formula is C16H26F6NO5+. The predicted octanol–water partition coefficient (Wildman–Crippen LogP) is 2.01. The Morgan fingerprint density at radius 2 is 1.54 bits per heavy atom. The molecule has 3 N–H and O–H groups in total.